The molecule has 2 heterocycles. The van der Waals surface area contributed by atoms with Crippen molar-refractivity contribution in [2.24, 2.45) is 0 Å². The SMILES string of the molecule is CCOC(=O)c1ccnc(NC(=O)/C=C/c2coc3ccc(C)cc3c2=O)c1. The molecule has 0 radical (unpaired) electrons. The Kier molecular flexibility index (Phi) is 5.64. The van der Waals surface area contributed by atoms with E-state index in [1.807, 2.05) is 13.0 Å². The van der Waals surface area contributed by atoms with Crippen LogP contribution in [0.25, 0.3) is 17.0 Å². The third-order valence-corrected chi connectivity index (χ3v) is 3.89. The lowest BCUT2D eigenvalue weighted by Crippen LogP contribution is -2.12. The molecule has 7 nitrogen and oxygen atoms in total. The Balaban J connectivity index is 1.77. The van der Waals surface area contributed by atoms with E-state index in [0.717, 1.165) is 5.56 Å². The smallest absolute Gasteiger partial charge is 0.338 e. The zero-order chi connectivity index (χ0) is 20.1. The summed E-state index contributed by atoms with van der Waals surface area (Å²) in [7, 11) is 0. The number of nitrogens with zero attached hydrogens (tertiary/aromatic N) is 1. The number of fused-ring (bicyclic) bond motifs is 1. The minimum absolute atomic E-state index is 0.196. The second-order valence-electron chi connectivity index (χ2n) is 5.99. The molecule has 0 unspecified atom stereocenters. The van der Waals surface area contributed by atoms with Gasteiger partial charge < -0.3 is 14.5 Å². The summed E-state index contributed by atoms with van der Waals surface area (Å²) in [5.74, 6) is -0.807. The van der Waals surface area contributed by atoms with Gasteiger partial charge in [-0.2, -0.15) is 0 Å². The number of carbonyl (C=O) groups excluding carboxylic acids is 2. The summed E-state index contributed by atoms with van der Waals surface area (Å²) in [6, 6.07) is 8.23. The van der Waals surface area contributed by atoms with E-state index >= 15 is 0 Å². The Morgan fingerprint density at radius 1 is 1.25 bits per heavy atom. The molecule has 1 amide bonds. The second-order valence-corrected chi connectivity index (χ2v) is 5.99. The molecule has 0 atom stereocenters. The molecule has 0 spiro atoms. The Labute approximate surface area is 160 Å². The maximum atomic E-state index is 12.5. The fourth-order valence-corrected chi connectivity index (χ4v) is 2.55. The molecule has 3 rings (SSSR count). The average Bonchev–Trinajstić information content (AvgIpc) is 2.68. The van der Waals surface area contributed by atoms with Gasteiger partial charge in [0.1, 0.15) is 17.7 Å². The van der Waals surface area contributed by atoms with E-state index in [-0.39, 0.29) is 29.0 Å². The summed E-state index contributed by atoms with van der Waals surface area (Å²) in [4.78, 5) is 40.4. The Bertz CT molecular complexity index is 1130. The van der Waals surface area contributed by atoms with Crippen molar-refractivity contribution in [3.05, 3.63) is 75.8 Å². The molecular weight excluding hydrogens is 360 g/mol. The van der Waals surface area contributed by atoms with Crippen molar-refractivity contribution in [3.8, 4) is 0 Å². The predicted octanol–water partition coefficient (Wildman–Crippen LogP) is 3.33. The highest BCUT2D eigenvalue weighted by Gasteiger charge is 2.09. The third-order valence-electron chi connectivity index (χ3n) is 3.89. The van der Waals surface area contributed by atoms with Gasteiger partial charge in [-0.1, -0.05) is 11.6 Å². The van der Waals surface area contributed by atoms with Gasteiger partial charge >= 0.3 is 5.97 Å². The number of ether oxygens (including phenoxy) is 1. The van der Waals surface area contributed by atoms with Crippen molar-refractivity contribution < 1.29 is 18.7 Å². The van der Waals surface area contributed by atoms with Gasteiger partial charge in [-0.3, -0.25) is 9.59 Å². The van der Waals surface area contributed by atoms with E-state index in [0.29, 0.717) is 11.0 Å². The normalized spacial score (nSPS) is 10.9. The summed E-state index contributed by atoms with van der Waals surface area (Å²) >= 11 is 0. The molecule has 2 aromatic heterocycles. The summed E-state index contributed by atoms with van der Waals surface area (Å²) in [5.41, 5.74) is 1.73. The zero-order valence-electron chi connectivity index (χ0n) is 15.4. The quantitative estimate of drug-likeness (QED) is 0.540. The number of rotatable bonds is 5. The molecule has 1 N–H and O–H groups in total. The van der Waals surface area contributed by atoms with Crippen LogP contribution in [0.4, 0.5) is 5.82 Å². The average molecular weight is 378 g/mol. The van der Waals surface area contributed by atoms with Crippen molar-refractivity contribution in [1.29, 1.82) is 0 Å². The van der Waals surface area contributed by atoms with Crippen LogP contribution in [0.5, 0.6) is 0 Å². The van der Waals surface area contributed by atoms with Crippen LogP contribution >= 0.6 is 0 Å². The second kappa shape index (κ2) is 8.30. The van der Waals surface area contributed by atoms with Crippen molar-refractivity contribution in [2.75, 3.05) is 11.9 Å². The monoisotopic (exact) mass is 378 g/mol. The first kappa shape index (κ1) is 19.0. The number of nitrogens with one attached hydrogen (secondary N) is 1. The highest BCUT2D eigenvalue weighted by Crippen LogP contribution is 2.14. The maximum absolute atomic E-state index is 12.5. The zero-order valence-corrected chi connectivity index (χ0v) is 15.4. The number of benzene rings is 1. The van der Waals surface area contributed by atoms with Crippen molar-refractivity contribution in [1.82, 2.24) is 4.98 Å². The minimum Gasteiger partial charge on any atom is -0.463 e. The van der Waals surface area contributed by atoms with Gasteiger partial charge in [-0.25, -0.2) is 9.78 Å². The lowest BCUT2D eigenvalue weighted by Gasteiger charge is -2.04. The highest BCUT2D eigenvalue weighted by atomic mass is 16.5. The molecule has 0 saturated heterocycles. The summed E-state index contributed by atoms with van der Waals surface area (Å²) in [6.07, 6.45) is 5.28. The van der Waals surface area contributed by atoms with E-state index in [9.17, 15) is 14.4 Å². The fraction of sp³-hybridized carbons (Fsp3) is 0.143. The van der Waals surface area contributed by atoms with Crippen LogP contribution in [0.2, 0.25) is 0 Å². The molecule has 0 aliphatic carbocycles. The van der Waals surface area contributed by atoms with Gasteiger partial charge in [0, 0.05) is 12.3 Å². The maximum Gasteiger partial charge on any atom is 0.338 e. The largest absolute Gasteiger partial charge is 0.463 e. The van der Waals surface area contributed by atoms with Crippen LogP contribution in [0.3, 0.4) is 0 Å². The molecule has 0 bridgehead atoms. The van der Waals surface area contributed by atoms with Gasteiger partial charge in [0.25, 0.3) is 0 Å². The molecule has 28 heavy (non-hydrogen) atoms. The van der Waals surface area contributed by atoms with Crippen molar-refractivity contribution >= 4 is 34.7 Å². The van der Waals surface area contributed by atoms with Crippen LogP contribution in [0.15, 0.2) is 58.1 Å². The van der Waals surface area contributed by atoms with Crippen LogP contribution in [-0.2, 0) is 9.53 Å². The van der Waals surface area contributed by atoms with Crippen LogP contribution in [0.1, 0.15) is 28.4 Å². The lowest BCUT2D eigenvalue weighted by molar-refractivity contribution is -0.111. The molecular formula is C21H18N2O5. The Morgan fingerprint density at radius 3 is 2.86 bits per heavy atom. The van der Waals surface area contributed by atoms with Gasteiger partial charge in [0.15, 0.2) is 5.43 Å². The lowest BCUT2D eigenvalue weighted by atomic mass is 10.1. The van der Waals surface area contributed by atoms with Crippen LogP contribution in [0, 0.1) is 6.92 Å². The topological polar surface area (TPSA) is 98.5 Å². The van der Waals surface area contributed by atoms with E-state index in [4.69, 9.17) is 9.15 Å². The predicted molar refractivity (Wildman–Crippen MR) is 105 cm³/mol. The number of amides is 1. The number of hydrogen-bond acceptors (Lipinski definition) is 6. The molecule has 0 aliphatic rings. The molecule has 142 valence electrons. The fourth-order valence-electron chi connectivity index (χ4n) is 2.55. The number of esters is 1. The molecule has 1 aromatic carbocycles. The third kappa shape index (κ3) is 4.32. The molecule has 0 aliphatic heterocycles. The first-order chi connectivity index (χ1) is 13.5. The number of pyridine rings is 1. The van der Waals surface area contributed by atoms with Crippen molar-refractivity contribution in [3.63, 3.8) is 0 Å². The Morgan fingerprint density at radius 2 is 2.07 bits per heavy atom. The van der Waals surface area contributed by atoms with Gasteiger partial charge in [-0.05, 0) is 44.2 Å². The number of hydrogen-bond donors (Lipinski definition) is 1. The standard InChI is InChI=1S/C21H18N2O5/c1-3-27-21(26)14-8-9-22-18(11-14)23-19(24)7-5-15-12-28-17-6-4-13(2)10-16(17)20(15)25/h4-12H,3H2,1-2H3,(H,22,23,24)/b7-5+. The molecule has 3 aromatic rings. The molecule has 0 fully saturated rings. The van der Waals surface area contributed by atoms with Crippen molar-refractivity contribution in [2.45, 2.75) is 13.8 Å². The molecule has 7 heteroatoms. The number of aryl methyl sites for hydroxylation is 1. The van der Waals surface area contributed by atoms with Gasteiger partial charge in [-0.15, -0.1) is 0 Å². The van der Waals surface area contributed by atoms with E-state index < -0.39 is 11.9 Å². The summed E-state index contributed by atoms with van der Waals surface area (Å²) < 4.78 is 10.4. The molecule has 0 saturated carbocycles. The van der Waals surface area contributed by atoms with E-state index in [2.05, 4.69) is 10.3 Å². The summed E-state index contributed by atoms with van der Waals surface area (Å²) in [5, 5.41) is 2.99. The van der Waals surface area contributed by atoms with E-state index in [1.54, 1.807) is 19.1 Å². The van der Waals surface area contributed by atoms with E-state index in [1.165, 1.54) is 36.7 Å². The first-order valence-corrected chi connectivity index (χ1v) is 8.62. The Hall–Kier alpha value is -3.74. The number of aromatic nitrogens is 1. The van der Waals surface area contributed by atoms with Gasteiger partial charge in [0.05, 0.1) is 23.1 Å². The minimum atomic E-state index is -0.503. The van der Waals surface area contributed by atoms with Crippen LogP contribution < -0.4 is 10.7 Å². The van der Waals surface area contributed by atoms with Gasteiger partial charge in [0.2, 0.25) is 5.91 Å². The number of carbonyl (C=O) groups is 2. The first-order valence-electron chi connectivity index (χ1n) is 8.62. The van der Waals surface area contributed by atoms with Crippen LogP contribution in [-0.4, -0.2) is 23.5 Å². The summed E-state index contributed by atoms with van der Waals surface area (Å²) in [6.45, 7) is 3.84. The highest BCUT2D eigenvalue weighted by molar-refractivity contribution is 6.02. The number of anilines is 1.